The van der Waals surface area contributed by atoms with Gasteiger partial charge in [0.2, 0.25) is 0 Å². The third kappa shape index (κ3) is 9.32. The Hall–Kier alpha value is -3.38. The van der Waals surface area contributed by atoms with Crippen molar-refractivity contribution in [3.8, 4) is 5.75 Å². The molecular weight excluding hydrogens is 561 g/mol. The first-order chi connectivity index (χ1) is 19.3. The molecule has 226 valence electrons. The Morgan fingerprint density at radius 2 is 1.83 bits per heavy atom. The maximum atomic E-state index is 12.9. The summed E-state index contributed by atoms with van der Waals surface area (Å²) in [5, 5.41) is 6.30. The van der Waals surface area contributed by atoms with Crippen LogP contribution in [0.4, 0.5) is 30.8 Å². The number of methoxy groups -OCH3 is 1. The van der Waals surface area contributed by atoms with E-state index in [1.54, 1.807) is 13.4 Å². The number of nitrogens with zero attached hydrogens (tertiary/aromatic N) is 3. The van der Waals surface area contributed by atoms with Crippen molar-refractivity contribution < 1.29 is 24.2 Å². The van der Waals surface area contributed by atoms with Gasteiger partial charge in [0.05, 0.1) is 37.9 Å². The van der Waals surface area contributed by atoms with Gasteiger partial charge in [-0.15, -0.1) is 0 Å². The van der Waals surface area contributed by atoms with Crippen molar-refractivity contribution >= 4 is 39.7 Å². The molecule has 0 atom stereocenters. The van der Waals surface area contributed by atoms with Gasteiger partial charge in [-0.2, -0.15) is 0 Å². The molecule has 0 aromatic heterocycles. The molecule has 0 saturated carbocycles. The van der Waals surface area contributed by atoms with Crippen LogP contribution in [0.3, 0.4) is 0 Å². The number of ether oxygens (including phenoxy) is 1. The molecule has 2 N–H and O–H groups in total. The highest BCUT2D eigenvalue weighted by Gasteiger charge is 2.65. The largest absolute Gasteiger partial charge is 0.495 e. The van der Waals surface area contributed by atoms with Gasteiger partial charge in [-0.3, -0.25) is 9.98 Å². The molecule has 1 fully saturated rings. The molecule has 2 aliphatic heterocycles. The molecule has 2 heterocycles. The van der Waals surface area contributed by atoms with Crippen molar-refractivity contribution in [2.24, 2.45) is 9.98 Å². The zero-order valence-corrected chi connectivity index (χ0v) is 24.6. The quantitative estimate of drug-likeness (QED) is 0.236. The molecule has 12 heteroatoms. The van der Waals surface area contributed by atoms with E-state index in [0.29, 0.717) is 49.7 Å². The molecule has 0 amide bonds. The molecule has 0 unspecified atom stereocenters. The molecule has 0 aliphatic carbocycles. The second-order valence-corrected chi connectivity index (χ2v) is 11.9. The zero-order valence-electron chi connectivity index (χ0n) is 23.8. The van der Waals surface area contributed by atoms with Crippen LogP contribution < -0.4 is 20.3 Å². The van der Waals surface area contributed by atoms with Gasteiger partial charge in [0, 0.05) is 25.0 Å². The molecule has 2 aromatic rings. The standard InChI is InChI=1S/C27H32F5N5OS.C2H6/c1-20-16-34-19-37(18-20)26-10-5-21(15-27(26)38-2)14-22-4-3-11-33-17-25(22)36-13-12-35-23-6-8-24(9-7-23)39(28,29,30,31)32;1-2/h5-10,14-15,18-19,33,35H,3-4,11-13,16-17H2,1-2H3;1-2H3/b22-14+,36-25?;. The average molecular weight is 600 g/mol. The summed E-state index contributed by atoms with van der Waals surface area (Å²) in [5.41, 5.74) is 5.30. The molecule has 1 saturated heterocycles. The molecule has 2 aliphatic rings. The minimum absolute atomic E-state index is 0.312. The molecule has 41 heavy (non-hydrogen) atoms. The van der Waals surface area contributed by atoms with E-state index < -0.39 is 15.1 Å². The van der Waals surface area contributed by atoms with Gasteiger partial charge in [-0.1, -0.05) is 39.3 Å². The first kappa shape index (κ1) is 32.1. The molecule has 0 spiro atoms. The Morgan fingerprint density at radius 3 is 2.49 bits per heavy atom. The van der Waals surface area contributed by atoms with Gasteiger partial charge < -0.3 is 20.3 Å². The minimum Gasteiger partial charge on any atom is -0.495 e. The lowest BCUT2D eigenvalue weighted by Gasteiger charge is -2.40. The van der Waals surface area contributed by atoms with Crippen molar-refractivity contribution in [2.45, 2.75) is 38.5 Å². The van der Waals surface area contributed by atoms with E-state index in [1.165, 1.54) is 0 Å². The third-order valence-electron chi connectivity index (χ3n) is 6.24. The maximum Gasteiger partial charge on any atom is 0.310 e. The predicted molar refractivity (Wildman–Crippen MR) is 163 cm³/mol. The fraction of sp³-hybridized carbons (Fsp3) is 0.379. The summed E-state index contributed by atoms with van der Waals surface area (Å²) < 4.78 is 70.2. The van der Waals surface area contributed by atoms with Crippen LogP contribution in [0, 0.1) is 0 Å². The van der Waals surface area contributed by atoms with E-state index in [4.69, 9.17) is 9.73 Å². The third-order valence-corrected chi connectivity index (χ3v) is 7.40. The number of nitrogens with one attached hydrogen (secondary N) is 2. The smallest absolute Gasteiger partial charge is 0.310 e. The van der Waals surface area contributed by atoms with E-state index in [1.807, 2.05) is 50.1 Å². The van der Waals surface area contributed by atoms with E-state index in [-0.39, 0.29) is 0 Å². The number of hydrogen-bond donors (Lipinski definition) is 2. The highest BCUT2D eigenvalue weighted by Crippen LogP contribution is 3.02. The van der Waals surface area contributed by atoms with Crippen molar-refractivity contribution in [2.75, 3.05) is 50.1 Å². The lowest BCUT2D eigenvalue weighted by atomic mass is 10.0. The Kier molecular flexibility index (Phi) is 9.91. The Morgan fingerprint density at radius 1 is 1.10 bits per heavy atom. The fourth-order valence-electron chi connectivity index (χ4n) is 4.32. The zero-order chi connectivity index (χ0) is 30.2. The second-order valence-electron chi connectivity index (χ2n) is 9.47. The first-order valence-electron chi connectivity index (χ1n) is 13.5. The van der Waals surface area contributed by atoms with Gasteiger partial charge in [0.15, 0.2) is 0 Å². The van der Waals surface area contributed by atoms with Crippen LogP contribution in [0.15, 0.2) is 74.7 Å². The molecule has 0 radical (unpaired) electrons. The Labute approximate surface area is 238 Å². The normalized spacial score (nSPS) is 19.4. The lowest BCUT2D eigenvalue weighted by molar-refractivity contribution is 0.364. The van der Waals surface area contributed by atoms with Crippen LogP contribution in [0.1, 0.15) is 39.2 Å². The number of aliphatic imine (C=N–C) groups is 2. The van der Waals surface area contributed by atoms with Crippen molar-refractivity contribution in [3.63, 3.8) is 0 Å². The summed E-state index contributed by atoms with van der Waals surface area (Å²) in [5.74, 6) is 0.715. The second kappa shape index (κ2) is 12.6. The molecular formula is C29H38F5N5OS. The molecule has 0 bridgehead atoms. The number of benzene rings is 2. The topological polar surface area (TPSA) is 61.2 Å². The van der Waals surface area contributed by atoms with Crippen LogP contribution in [0.5, 0.6) is 5.75 Å². The number of rotatable bonds is 8. The van der Waals surface area contributed by atoms with Crippen LogP contribution >= 0.6 is 10.2 Å². The molecule has 4 rings (SSSR count). The van der Waals surface area contributed by atoms with Gasteiger partial charge in [-0.25, -0.2) is 0 Å². The SMILES string of the molecule is CC.COc1cc(/C=C2\CCCNCC2=NCCNc2ccc(S(F)(F)(F)(F)F)cc2)ccc1N1C=NCC(C)=C1. The van der Waals surface area contributed by atoms with Gasteiger partial charge in [-0.05, 0) is 85.5 Å². The maximum absolute atomic E-state index is 12.9. The van der Waals surface area contributed by atoms with Gasteiger partial charge in [0.1, 0.15) is 10.6 Å². The highest BCUT2D eigenvalue weighted by atomic mass is 32.5. The number of halogens is 5. The van der Waals surface area contributed by atoms with Gasteiger partial charge in [0.25, 0.3) is 0 Å². The van der Waals surface area contributed by atoms with Crippen molar-refractivity contribution in [1.82, 2.24) is 5.32 Å². The van der Waals surface area contributed by atoms with Crippen LogP contribution in [-0.4, -0.2) is 51.9 Å². The summed E-state index contributed by atoms with van der Waals surface area (Å²) >= 11 is 0. The van der Waals surface area contributed by atoms with Crippen LogP contribution in [0.25, 0.3) is 6.08 Å². The Balaban J connectivity index is 0.00000226. The van der Waals surface area contributed by atoms with Crippen molar-refractivity contribution in [3.05, 3.63) is 65.4 Å². The summed E-state index contributed by atoms with van der Waals surface area (Å²) in [7, 11) is -8.04. The average Bonchev–Trinajstić information content (AvgIpc) is 3.16. The van der Waals surface area contributed by atoms with Crippen LogP contribution in [0.2, 0.25) is 0 Å². The minimum atomic E-state index is -9.67. The van der Waals surface area contributed by atoms with Crippen molar-refractivity contribution in [1.29, 1.82) is 0 Å². The molecule has 6 nitrogen and oxygen atoms in total. The summed E-state index contributed by atoms with van der Waals surface area (Å²) in [6.07, 6.45) is 7.68. The fourth-order valence-corrected chi connectivity index (χ4v) is 4.97. The van der Waals surface area contributed by atoms with E-state index >= 15 is 0 Å². The summed E-state index contributed by atoms with van der Waals surface area (Å²) in [6.45, 7) is 8.85. The summed E-state index contributed by atoms with van der Waals surface area (Å²) in [6, 6.07) is 8.79. The Bertz CT molecular complexity index is 1320. The predicted octanol–water partition coefficient (Wildman–Crippen LogP) is 8.45. The first-order valence-corrected chi connectivity index (χ1v) is 15.4. The highest BCUT2D eigenvalue weighted by molar-refractivity contribution is 8.45. The van der Waals surface area contributed by atoms with Gasteiger partial charge >= 0.3 is 10.2 Å². The van der Waals surface area contributed by atoms with E-state index in [9.17, 15) is 19.4 Å². The lowest BCUT2D eigenvalue weighted by Crippen LogP contribution is -2.22. The number of anilines is 2. The van der Waals surface area contributed by atoms with E-state index in [0.717, 1.165) is 59.6 Å². The monoisotopic (exact) mass is 599 g/mol. The summed E-state index contributed by atoms with van der Waals surface area (Å²) in [4.78, 5) is 9.12. The van der Waals surface area contributed by atoms with Crippen LogP contribution in [-0.2, 0) is 0 Å². The number of hydrogen-bond acceptors (Lipinski definition) is 6. The molecule has 2 aromatic carbocycles. The van der Waals surface area contributed by atoms with E-state index in [2.05, 4.69) is 21.7 Å².